The second kappa shape index (κ2) is 5.98. The van der Waals surface area contributed by atoms with Crippen molar-refractivity contribution in [2.75, 3.05) is 0 Å². The Hall–Kier alpha value is -0.980. The number of thiocarbonyl (C=S) groups is 1. The number of nitrogens with one attached hydrogen (secondary N) is 1. The average molecular weight is 300 g/mol. The van der Waals surface area contributed by atoms with Gasteiger partial charge in [-0.05, 0) is 37.5 Å². The molecular weight excluding hydrogens is 280 g/mol. The standard InChI is InChI=1S/C13H20N2O2S2/c1-4-13(5-2,12(14)18)15-19(16,17)11-8-6-7-10(3)9-11/h6-9,15H,4-5H2,1-3H3,(H2,14,18). The molecule has 0 bridgehead atoms. The van der Waals surface area contributed by atoms with Crippen LogP contribution < -0.4 is 10.5 Å². The second-order valence-electron chi connectivity index (χ2n) is 4.58. The third-order valence-electron chi connectivity index (χ3n) is 3.31. The van der Waals surface area contributed by atoms with E-state index in [4.69, 9.17) is 18.0 Å². The topological polar surface area (TPSA) is 72.2 Å². The molecule has 106 valence electrons. The summed E-state index contributed by atoms with van der Waals surface area (Å²) in [6, 6.07) is 6.74. The van der Waals surface area contributed by atoms with Gasteiger partial charge in [-0.2, -0.15) is 4.72 Å². The van der Waals surface area contributed by atoms with Crippen LogP contribution in [0.25, 0.3) is 0 Å². The molecule has 0 unspecified atom stereocenters. The van der Waals surface area contributed by atoms with Gasteiger partial charge in [-0.25, -0.2) is 8.42 Å². The minimum Gasteiger partial charge on any atom is -0.392 e. The zero-order valence-electron chi connectivity index (χ0n) is 11.4. The zero-order valence-corrected chi connectivity index (χ0v) is 13.1. The molecule has 4 nitrogen and oxygen atoms in total. The Balaban J connectivity index is 3.18. The van der Waals surface area contributed by atoms with E-state index in [0.29, 0.717) is 12.8 Å². The molecule has 1 aromatic rings. The van der Waals surface area contributed by atoms with Crippen LogP contribution in [0.5, 0.6) is 0 Å². The van der Waals surface area contributed by atoms with Gasteiger partial charge >= 0.3 is 0 Å². The summed E-state index contributed by atoms with van der Waals surface area (Å²) in [4.78, 5) is 0.406. The summed E-state index contributed by atoms with van der Waals surface area (Å²) in [5.41, 5.74) is 5.74. The van der Waals surface area contributed by atoms with Gasteiger partial charge in [0, 0.05) is 0 Å². The van der Waals surface area contributed by atoms with Crippen molar-refractivity contribution in [2.24, 2.45) is 5.73 Å². The van der Waals surface area contributed by atoms with Gasteiger partial charge in [0.25, 0.3) is 0 Å². The van der Waals surface area contributed by atoms with Crippen LogP contribution >= 0.6 is 12.2 Å². The van der Waals surface area contributed by atoms with E-state index in [1.54, 1.807) is 18.2 Å². The van der Waals surface area contributed by atoms with Crippen LogP contribution in [-0.4, -0.2) is 18.9 Å². The Bertz CT molecular complexity index is 564. The third kappa shape index (κ3) is 3.52. The molecule has 0 aromatic heterocycles. The molecule has 0 radical (unpaired) electrons. The fourth-order valence-electron chi connectivity index (χ4n) is 1.89. The lowest BCUT2D eigenvalue weighted by molar-refractivity contribution is 0.465. The van der Waals surface area contributed by atoms with Crippen LogP contribution in [0.15, 0.2) is 29.2 Å². The quantitative estimate of drug-likeness (QED) is 0.789. The maximum absolute atomic E-state index is 12.4. The van der Waals surface area contributed by atoms with Crippen LogP contribution in [0.2, 0.25) is 0 Å². The molecule has 1 rings (SSSR count). The van der Waals surface area contributed by atoms with Gasteiger partial charge in [0.15, 0.2) is 0 Å². The molecule has 0 saturated heterocycles. The molecule has 0 aliphatic carbocycles. The molecule has 0 spiro atoms. The number of sulfonamides is 1. The van der Waals surface area contributed by atoms with E-state index in [0.717, 1.165) is 5.56 Å². The molecule has 3 N–H and O–H groups in total. The summed E-state index contributed by atoms with van der Waals surface area (Å²) in [7, 11) is -3.63. The molecule has 1 aromatic carbocycles. The van der Waals surface area contributed by atoms with Gasteiger partial charge < -0.3 is 5.73 Å². The van der Waals surface area contributed by atoms with Crippen molar-refractivity contribution in [3.8, 4) is 0 Å². The molecule has 0 aliphatic rings. The van der Waals surface area contributed by atoms with E-state index in [9.17, 15) is 8.42 Å². The zero-order chi connectivity index (χ0) is 14.7. The number of hydrogen-bond acceptors (Lipinski definition) is 3. The molecule has 0 atom stereocenters. The van der Waals surface area contributed by atoms with Crippen LogP contribution in [0.3, 0.4) is 0 Å². The number of aryl methyl sites for hydroxylation is 1. The number of rotatable bonds is 6. The molecule has 0 saturated carbocycles. The van der Waals surface area contributed by atoms with E-state index in [2.05, 4.69) is 4.72 Å². The van der Waals surface area contributed by atoms with E-state index < -0.39 is 15.6 Å². The second-order valence-corrected chi connectivity index (χ2v) is 6.70. The lowest BCUT2D eigenvalue weighted by atomic mass is 9.94. The van der Waals surface area contributed by atoms with Gasteiger partial charge in [-0.3, -0.25) is 0 Å². The van der Waals surface area contributed by atoms with Crippen molar-refractivity contribution in [3.05, 3.63) is 29.8 Å². The van der Waals surface area contributed by atoms with Crippen molar-refractivity contribution in [3.63, 3.8) is 0 Å². The van der Waals surface area contributed by atoms with E-state index >= 15 is 0 Å². The maximum atomic E-state index is 12.4. The van der Waals surface area contributed by atoms with Gasteiger partial charge in [0.2, 0.25) is 10.0 Å². The van der Waals surface area contributed by atoms with Gasteiger partial charge in [0.1, 0.15) is 0 Å². The minimum atomic E-state index is -3.63. The Morgan fingerprint density at radius 3 is 2.37 bits per heavy atom. The Kier molecular flexibility index (Phi) is 5.06. The molecule has 6 heteroatoms. The van der Waals surface area contributed by atoms with Gasteiger partial charge in [-0.1, -0.05) is 38.2 Å². The van der Waals surface area contributed by atoms with Gasteiger partial charge in [0.05, 0.1) is 15.4 Å². The van der Waals surface area contributed by atoms with Crippen molar-refractivity contribution < 1.29 is 8.42 Å². The number of hydrogen-bond donors (Lipinski definition) is 2. The fraction of sp³-hybridized carbons (Fsp3) is 0.462. The fourth-order valence-corrected chi connectivity index (χ4v) is 3.93. The SMILES string of the molecule is CCC(CC)(NS(=O)(=O)c1cccc(C)c1)C(N)=S. The smallest absolute Gasteiger partial charge is 0.241 e. The maximum Gasteiger partial charge on any atom is 0.241 e. The Morgan fingerprint density at radius 1 is 1.37 bits per heavy atom. The van der Waals surface area contributed by atoms with Crippen molar-refractivity contribution in [1.82, 2.24) is 4.72 Å². The molecule has 0 aliphatic heterocycles. The van der Waals surface area contributed by atoms with Crippen molar-refractivity contribution in [1.29, 1.82) is 0 Å². The third-order valence-corrected chi connectivity index (χ3v) is 5.23. The summed E-state index contributed by atoms with van der Waals surface area (Å²) in [6.07, 6.45) is 1.04. The molecule has 0 amide bonds. The number of nitrogens with two attached hydrogens (primary N) is 1. The van der Waals surface area contributed by atoms with E-state index in [1.165, 1.54) is 0 Å². The molecule has 0 fully saturated rings. The minimum absolute atomic E-state index is 0.175. The normalized spacial score (nSPS) is 12.4. The highest BCUT2D eigenvalue weighted by molar-refractivity contribution is 7.89. The lowest BCUT2D eigenvalue weighted by Crippen LogP contribution is -2.55. The van der Waals surface area contributed by atoms with Crippen LogP contribution in [0.4, 0.5) is 0 Å². The summed E-state index contributed by atoms with van der Waals surface area (Å²) < 4.78 is 27.4. The summed E-state index contributed by atoms with van der Waals surface area (Å²) in [6.45, 7) is 5.57. The first-order chi connectivity index (χ1) is 8.77. The monoisotopic (exact) mass is 300 g/mol. The van der Waals surface area contributed by atoms with Gasteiger partial charge in [-0.15, -0.1) is 0 Å². The van der Waals surface area contributed by atoms with Crippen molar-refractivity contribution in [2.45, 2.75) is 44.0 Å². The molecule has 19 heavy (non-hydrogen) atoms. The average Bonchev–Trinajstić information content (AvgIpc) is 2.35. The summed E-state index contributed by atoms with van der Waals surface area (Å²) in [5.74, 6) is 0. The Labute approximate surface area is 120 Å². The highest BCUT2D eigenvalue weighted by atomic mass is 32.2. The Morgan fingerprint density at radius 2 is 1.95 bits per heavy atom. The first-order valence-corrected chi connectivity index (χ1v) is 8.07. The summed E-state index contributed by atoms with van der Waals surface area (Å²) >= 11 is 5.02. The molecule has 0 heterocycles. The van der Waals surface area contributed by atoms with Crippen LogP contribution in [-0.2, 0) is 10.0 Å². The predicted molar refractivity (Wildman–Crippen MR) is 81.6 cm³/mol. The van der Waals surface area contributed by atoms with Crippen LogP contribution in [0.1, 0.15) is 32.3 Å². The highest BCUT2D eigenvalue weighted by Crippen LogP contribution is 2.20. The van der Waals surface area contributed by atoms with E-state index in [-0.39, 0.29) is 9.88 Å². The predicted octanol–water partition coefficient (Wildman–Crippen LogP) is 2.12. The largest absolute Gasteiger partial charge is 0.392 e. The first kappa shape index (κ1) is 16.1. The van der Waals surface area contributed by atoms with Crippen LogP contribution in [0, 0.1) is 6.92 Å². The molecular formula is C13H20N2O2S2. The summed E-state index contributed by atoms with van der Waals surface area (Å²) in [5, 5.41) is 0. The lowest BCUT2D eigenvalue weighted by Gasteiger charge is -2.31. The van der Waals surface area contributed by atoms with Crippen molar-refractivity contribution >= 4 is 27.2 Å². The van der Waals surface area contributed by atoms with E-state index in [1.807, 2.05) is 26.8 Å². The number of benzene rings is 1. The first-order valence-electron chi connectivity index (χ1n) is 6.18. The highest BCUT2D eigenvalue weighted by Gasteiger charge is 2.34.